The molecule has 1 heterocycles. The molecule has 1 aromatic rings. The van der Waals surface area contributed by atoms with Gasteiger partial charge in [-0.15, -0.1) is 0 Å². The maximum Gasteiger partial charge on any atom is 0.376 e. The predicted molar refractivity (Wildman–Crippen MR) is 67.6 cm³/mol. The molecule has 0 aliphatic heterocycles. The molecule has 0 amide bonds. The monoisotopic (exact) mass is 250 g/mol. The Morgan fingerprint density at radius 2 is 2.22 bits per heavy atom. The minimum atomic E-state index is -0.516. The largest absolute Gasteiger partial charge is 0.463 e. The van der Waals surface area contributed by atoms with E-state index in [9.17, 15) is 4.79 Å². The first-order chi connectivity index (χ1) is 8.69. The van der Waals surface area contributed by atoms with E-state index in [-0.39, 0.29) is 5.82 Å². The number of hydrogen-bond acceptors (Lipinski definition) is 6. The Hall–Kier alpha value is -1.69. The van der Waals surface area contributed by atoms with Crippen LogP contribution in [0.1, 0.15) is 29.2 Å². The zero-order chi connectivity index (χ0) is 13.0. The summed E-state index contributed by atoms with van der Waals surface area (Å²) >= 11 is 0. The van der Waals surface area contributed by atoms with Crippen LogP contribution in [-0.4, -0.2) is 42.2 Å². The lowest BCUT2D eigenvalue weighted by Gasteiger charge is -2.08. The molecule has 0 atom stereocenters. The van der Waals surface area contributed by atoms with Gasteiger partial charge in [-0.2, -0.15) is 0 Å². The first-order valence-corrected chi connectivity index (χ1v) is 6.10. The van der Waals surface area contributed by atoms with Crippen LogP contribution < -0.4 is 10.6 Å². The third-order valence-electron chi connectivity index (χ3n) is 2.66. The summed E-state index contributed by atoms with van der Waals surface area (Å²) in [6.45, 7) is 3.48. The van der Waals surface area contributed by atoms with E-state index in [1.165, 1.54) is 20.0 Å². The van der Waals surface area contributed by atoms with Gasteiger partial charge >= 0.3 is 5.97 Å². The second kappa shape index (κ2) is 5.77. The molecule has 0 spiro atoms. The van der Waals surface area contributed by atoms with Crippen molar-refractivity contribution in [3.8, 4) is 0 Å². The molecule has 2 N–H and O–H groups in total. The molecule has 1 aliphatic carbocycles. The standard InChI is InChI=1S/C12H18N4O2/c1-8-7-10(14-6-5-13-9-3-4-9)16-11(15-8)12(17)18-2/h7,9,13H,3-6H2,1-2H3,(H,14,15,16). The van der Waals surface area contributed by atoms with Crippen molar-refractivity contribution in [1.82, 2.24) is 15.3 Å². The van der Waals surface area contributed by atoms with E-state index in [1.54, 1.807) is 0 Å². The highest BCUT2D eigenvalue weighted by Crippen LogP contribution is 2.17. The zero-order valence-electron chi connectivity index (χ0n) is 10.7. The van der Waals surface area contributed by atoms with Crippen LogP contribution in [0.25, 0.3) is 0 Å². The van der Waals surface area contributed by atoms with E-state index in [0.29, 0.717) is 11.9 Å². The number of ether oxygens (including phenoxy) is 1. The van der Waals surface area contributed by atoms with Crippen molar-refractivity contribution in [1.29, 1.82) is 0 Å². The number of hydrogen-bond donors (Lipinski definition) is 2. The summed E-state index contributed by atoms with van der Waals surface area (Å²) in [5, 5.41) is 6.56. The lowest BCUT2D eigenvalue weighted by Crippen LogP contribution is -2.24. The van der Waals surface area contributed by atoms with Gasteiger partial charge in [0.2, 0.25) is 5.82 Å². The topological polar surface area (TPSA) is 76.1 Å². The molecule has 0 aromatic carbocycles. The maximum absolute atomic E-state index is 11.4. The number of rotatable bonds is 6. The number of nitrogens with zero attached hydrogens (tertiary/aromatic N) is 2. The molecule has 0 radical (unpaired) electrons. The number of aromatic nitrogens is 2. The van der Waals surface area contributed by atoms with Crippen LogP contribution in [0.4, 0.5) is 5.82 Å². The number of carbonyl (C=O) groups is 1. The Morgan fingerprint density at radius 1 is 1.44 bits per heavy atom. The fourth-order valence-corrected chi connectivity index (χ4v) is 1.60. The molecule has 2 rings (SSSR count). The van der Waals surface area contributed by atoms with Crippen LogP contribution in [-0.2, 0) is 4.74 Å². The van der Waals surface area contributed by atoms with Crippen molar-refractivity contribution in [2.75, 3.05) is 25.5 Å². The average Bonchev–Trinajstić information content (AvgIpc) is 3.17. The first kappa shape index (κ1) is 12.8. The number of nitrogens with one attached hydrogen (secondary N) is 2. The molecule has 1 aromatic heterocycles. The fraction of sp³-hybridized carbons (Fsp3) is 0.583. The van der Waals surface area contributed by atoms with Crippen molar-refractivity contribution in [2.45, 2.75) is 25.8 Å². The van der Waals surface area contributed by atoms with Gasteiger partial charge in [0.25, 0.3) is 0 Å². The number of esters is 1. The van der Waals surface area contributed by atoms with Crippen molar-refractivity contribution in [2.24, 2.45) is 0 Å². The average molecular weight is 250 g/mol. The third kappa shape index (κ3) is 3.66. The van der Waals surface area contributed by atoms with Crippen molar-refractivity contribution in [3.05, 3.63) is 17.6 Å². The minimum Gasteiger partial charge on any atom is -0.463 e. The summed E-state index contributed by atoms with van der Waals surface area (Å²) in [5.74, 6) is 0.230. The van der Waals surface area contributed by atoms with Crippen molar-refractivity contribution in [3.63, 3.8) is 0 Å². The Bertz CT molecular complexity index is 432. The van der Waals surface area contributed by atoms with Gasteiger partial charge in [-0.25, -0.2) is 14.8 Å². The molecule has 1 saturated carbocycles. The highest BCUT2D eigenvalue weighted by atomic mass is 16.5. The summed E-state index contributed by atoms with van der Waals surface area (Å²) in [6, 6.07) is 2.51. The highest BCUT2D eigenvalue weighted by Gasteiger charge is 2.19. The molecule has 0 unspecified atom stereocenters. The van der Waals surface area contributed by atoms with E-state index in [4.69, 9.17) is 0 Å². The van der Waals surface area contributed by atoms with Gasteiger partial charge in [0.15, 0.2) is 0 Å². The van der Waals surface area contributed by atoms with Gasteiger partial charge in [-0.3, -0.25) is 0 Å². The van der Waals surface area contributed by atoms with Crippen LogP contribution in [0.3, 0.4) is 0 Å². The molecule has 6 nitrogen and oxygen atoms in total. The molecular weight excluding hydrogens is 232 g/mol. The predicted octanol–water partition coefficient (Wildman–Crippen LogP) is 0.736. The Balaban J connectivity index is 1.89. The van der Waals surface area contributed by atoms with Crippen LogP contribution >= 0.6 is 0 Å². The van der Waals surface area contributed by atoms with Crippen LogP contribution in [0.5, 0.6) is 0 Å². The zero-order valence-corrected chi connectivity index (χ0v) is 10.7. The van der Waals surface area contributed by atoms with Gasteiger partial charge in [-0.05, 0) is 19.8 Å². The van der Waals surface area contributed by atoms with E-state index < -0.39 is 5.97 Å². The van der Waals surface area contributed by atoms with Crippen molar-refractivity contribution < 1.29 is 9.53 Å². The number of methoxy groups -OCH3 is 1. The molecule has 18 heavy (non-hydrogen) atoms. The van der Waals surface area contributed by atoms with Crippen LogP contribution in [0.2, 0.25) is 0 Å². The van der Waals surface area contributed by atoms with E-state index in [0.717, 1.165) is 18.8 Å². The highest BCUT2D eigenvalue weighted by molar-refractivity contribution is 5.85. The van der Waals surface area contributed by atoms with Gasteiger partial charge < -0.3 is 15.4 Å². The van der Waals surface area contributed by atoms with Crippen LogP contribution in [0, 0.1) is 6.92 Å². The van der Waals surface area contributed by atoms with Gasteiger partial charge in [0.1, 0.15) is 5.82 Å². The second-order valence-electron chi connectivity index (χ2n) is 4.36. The molecular formula is C12H18N4O2. The third-order valence-corrected chi connectivity index (χ3v) is 2.66. The molecule has 0 bridgehead atoms. The minimum absolute atomic E-state index is 0.0927. The van der Waals surface area contributed by atoms with Gasteiger partial charge in [0.05, 0.1) is 7.11 Å². The summed E-state index contributed by atoms with van der Waals surface area (Å²) in [7, 11) is 1.32. The molecule has 0 saturated heterocycles. The fourth-order valence-electron chi connectivity index (χ4n) is 1.60. The lowest BCUT2D eigenvalue weighted by molar-refractivity contribution is 0.0586. The SMILES string of the molecule is COC(=O)c1nc(C)cc(NCCNC2CC2)n1. The Labute approximate surface area is 106 Å². The normalized spacial score (nSPS) is 14.3. The smallest absolute Gasteiger partial charge is 0.376 e. The number of aryl methyl sites for hydroxylation is 1. The van der Waals surface area contributed by atoms with Crippen molar-refractivity contribution >= 4 is 11.8 Å². The Morgan fingerprint density at radius 3 is 2.89 bits per heavy atom. The van der Waals surface area contributed by atoms with E-state index in [2.05, 4.69) is 25.3 Å². The molecule has 1 aliphatic rings. The van der Waals surface area contributed by atoms with E-state index >= 15 is 0 Å². The molecule has 1 fully saturated rings. The summed E-state index contributed by atoms with van der Waals surface area (Å²) < 4.78 is 4.61. The first-order valence-electron chi connectivity index (χ1n) is 6.10. The van der Waals surface area contributed by atoms with E-state index in [1.807, 2.05) is 13.0 Å². The lowest BCUT2D eigenvalue weighted by atomic mass is 10.4. The molecule has 98 valence electrons. The quantitative estimate of drug-likeness (QED) is 0.573. The van der Waals surface area contributed by atoms with Gasteiger partial charge in [-0.1, -0.05) is 0 Å². The molecule has 6 heteroatoms. The summed E-state index contributed by atoms with van der Waals surface area (Å²) in [5.41, 5.74) is 0.739. The number of anilines is 1. The maximum atomic E-state index is 11.4. The summed E-state index contributed by atoms with van der Waals surface area (Å²) in [6.07, 6.45) is 2.55. The Kier molecular flexibility index (Phi) is 4.09. The number of carbonyl (C=O) groups excluding carboxylic acids is 1. The van der Waals surface area contributed by atoms with Crippen LogP contribution in [0.15, 0.2) is 6.07 Å². The second-order valence-corrected chi connectivity index (χ2v) is 4.36. The van der Waals surface area contributed by atoms with Gasteiger partial charge in [0, 0.05) is 30.9 Å². The summed E-state index contributed by atoms with van der Waals surface area (Å²) in [4.78, 5) is 19.5.